The minimum atomic E-state index is -0.0656. The molecule has 0 aliphatic rings. The normalized spacial score (nSPS) is 11.7. The summed E-state index contributed by atoms with van der Waals surface area (Å²) in [5.41, 5.74) is 4.06. The minimum Gasteiger partial charge on any atom is -0.264 e. The number of benzene rings is 1. The lowest BCUT2D eigenvalue weighted by atomic mass is 9.96. The van der Waals surface area contributed by atoms with E-state index in [0.29, 0.717) is 12.4 Å². The molecule has 154 valence electrons. The molecule has 0 fully saturated rings. The maximum absolute atomic E-state index is 4.79. The van der Waals surface area contributed by atoms with Crippen molar-refractivity contribution in [3.63, 3.8) is 0 Å². The third-order valence-corrected chi connectivity index (χ3v) is 4.91. The summed E-state index contributed by atoms with van der Waals surface area (Å²) in [4.78, 5) is 9.07. The molecular formula is C22H26N8. The molecule has 1 N–H and O–H groups in total. The topological polar surface area (TPSA) is 98.1 Å². The summed E-state index contributed by atoms with van der Waals surface area (Å²) in [6, 6.07) is 10.4. The van der Waals surface area contributed by atoms with Crippen LogP contribution in [-0.2, 0) is 18.4 Å². The molecule has 0 atom stereocenters. The monoisotopic (exact) mass is 402 g/mol. The van der Waals surface area contributed by atoms with E-state index in [9.17, 15) is 0 Å². The molecule has 4 aromatic rings. The number of aryl methyl sites for hydroxylation is 1. The molecule has 3 heterocycles. The van der Waals surface area contributed by atoms with Crippen LogP contribution in [0.5, 0.6) is 0 Å². The molecule has 8 nitrogen and oxygen atoms in total. The van der Waals surface area contributed by atoms with Crippen molar-refractivity contribution in [2.75, 3.05) is 0 Å². The zero-order valence-corrected chi connectivity index (χ0v) is 17.8. The predicted octanol–water partition coefficient (Wildman–Crippen LogP) is 3.82. The van der Waals surface area contributed by atoms with Crippen LogP contribution in [0.3, 0.4) is 0 Å². The number of H-pyrrole nitrogens is 1. The fraction of sp³-hybridized carbons (Fsp3) is 0.364. The molecule has 8 heteroatoms. The van der Waals surface area contributed by atoms with Crippen LogP contribution in [0.25, 0.3) is 22.5 Å². The highest BCUT2D eigenvalue weighted by Gasteiger charge is 2.21. The molecule has 0 spiro atoms. The van der Waals surface area contributed by atoms with Gasteiger partial charge < -0.3 is 0 Å². The average Bonchev–Trinajstić information content (AvgIpc) is 3.39. The van der Waals surface area contributed by atoms with Crippen molar-refractivity contribution >= 4 is 0 Å². The van der Waals surface area contributed by atoms with Crippen LogP contribution in [-0.4, -0.2) is 40.4 Å². The van der Waals surface area contributed by atoms with E-state index in [1.165, 1.54) is 5.56 Å². The van der Waals surface area contributed by atoms with Crippen molar-refractivity contribution in [3.05, 3.63) is 59.9 Å². The summed E-state index contributed by atoms with van der Waals surface area (Å²) >= 11 is 0. The number of pyridine rings is 1. The maximum Gasteiger partial charge on any atom is 0.180 e. The van der Waals surface area contributed by atoms with Crippen LogP contribution in [0.15, 0.2) is 42.7 Å². The van der Waals surface area contributed by atoms with Gasteiger partial charge >= 0.3 is 0 Å². The lowest BCUT2D eigenvalue weighted by Crippen LogP contribution is -2.14. The third-order valence-electron chi connectivity index (χ3n) is 4.91. The molecule has 4 rings (SSSR count). The Morgan fingerprint density at radius 1 is 1.03 bits per heavy atom. The van der Waals surface area contributed by atoms with Crippen LogP contribution in [0.2, 0.25) is 0 Å². The predicted molar refractivity (Wildman–Crippen MR) is 115 cm³/mol. The molecule has 0 aliphatic carbocycles. The van der Waals surface area contributed by atoms with E-state index >= 15 is 0 Å². The number of rotatable bonds is 6. The number of hydrogen-bond donors (Lipinski definition) is 1. The molecular weight excluding hydrogens is 376 g/mol. The van der Waals surface area contributed by atoms with Gasteiger partial charge in [0, 0.05) is 35.4 Å². The van der Waals surface area contributed by atoms with Gasteiger partial charge in [-0.2, -0.15) is 5.10 Å². The van der Waals surface area contributed by atoms with E-state index in [2.05, 4.69) is 77.6 Å². The number of aromatic nitrogens is 8. The lowest BCUT2D eigenvalue weighted by Gasteiger charge is -2.12. The van der Waals surface area contributed by atoms with Gasteiger partial charge in [0.25, 0.3) is 0 Å². The first-order chi connectivity index (χ1) is 14.5. The molecule has 3 aromatic heterocycles. The number of nitrogens with one attached hydrogen (secondary N) is 1. The Labute approximate surface area is 175 Å². The van der Waals surface area contributed by atoms with Crippen molar-refractivity contribution in [2.45, 2.75) is 52.5 Å². The van der Waals surface area contributed by atoms with Crippen molar-refractivity contribution in [2.24, 2.45) is 0 Å². The Morgan fingerprint density at radius 3 is 2.50 bits per heavy atom. The smallest absolute Gasteiger partial charge is 0.180 e. The summed E-state index contributed by atoms with van der Waals surface area (Å²) < 4.78 is 2.04. The summed E-state index contributed by atoms with van der Waals surface area (Å²) in [6.45, 7) is 9.30. The number of nitrogens with zero attached hydrogens (tertiary/aromatic N) is 7. The first-order valence-electron chi connectivity index (χ1n) is 10.2. The van der Waals surface area contributed by atoms with Gasteiger partial charge in [-0.3, -0.25) is 4.98 Å². The van der Waals surface area contributed by atoms with Gasteiger partial charge in [0.05, 0.1) is 6.54 Å². The summed E-state index contributed by atoms with van der Waals surface area (Å²) in [5.74, 6) is 2.56. The number of tetrazole rings is 1. The van der Waals surface area contributed by atoms with Gasteiger partial charge in [-0.05, 0) is 34.0 Å². The zero-order chi connectivity index (χ0) is 21.1. The van der Waals surface area contributed by atoms with E-state index in [1.54, 1.807) is 6.20 Å². The van der Waals surface area contributed by atoms with Crippen LogP contribution in [0.4, 0.5) is 0 Å². The molecule has 30 heavy (non-hydrogen) atoms. The van der Waals surface area contributed by atoms with Gasteiger partial charge in [-0.25, -0.2) is 14.8 Å². The van der Waals surface area contributed by atoms with Crippen LogP contribution in [0.1, 0.15) is 51.3 Å². The van der Waals surface area contributed by atoms with Crippen molar-refractivity contribution < 1.29 is 0 Å². The quantitative estimate of drug-likeness (QED) is 0.526. The first kappa shape index (κ1) is 19.9. The fourth-order valence-electron chi connectivity index (χ4n) is 3.29. The van der Waals surface area contributed by atoms with Crippen LogP contribution < -0.4 is 0 Å². The highest BCUT2D eigenvalue weighted by molar-refractivity contribution is 5.79. The standard InChI is InChI=1S/C22H26N8/c1-5-6-19-24-21(22(2,3)4)27-30(19)14-15-7-9-16(10-8-15)18-13-23-12-11-17(18)20-25-28-29-26-20/h7-13H,5-6,14H2,1-4H3,(H,25,26,28,29). The maximum atomic E-state index is 4.79. The zero-order valence-electron chi connectivity index (χ0n) is 17.8. The van der Waals surface area contributed by atoms with Gasteiger partial charge in [0.1, 0.15) is 5.82 Å². The highest BCUT2D eigenvalue weighted by Crippen LogP contribution is 2.29. The second-order valence-electron chi connectivity index (χ2n) is 8.38. The van der Waals surface area contributed by atoms with E-state index < -0.39 is 0 Å². The molecule has 1 aromatic carbocycles. The molecule has 0 unspecified atom stereocenters. The Bertz CT molecular complexity index is 1110. The van der Waals surface area contributed by atoms with E-state index in [0.717, 1.165) is 41.2 Å². The van der Waals surface area contributed by atoms with E-state index in [1.807, 2.05) is 16.9 Å². The van der Waals surface area contributed by atoms with Crippen molar-refractivity contribution in [1.82, 2.24) is 40.4 Å². The second-order valence-corrected chi connectivity index (χ2v) is 8.38. The van der Waals surface area contributed by atoms with Crippen molar-refractivity contribution in [1.29, 1.82) is 0 Å². The molecule has 0 saturated heterocycles. The second kappa shape index (κ2) is 8.14. The van der Waals surface area contributed by atoms with Gasteiger partial charge in [-0.15, -0.1) is 5.10 Å². The van der Waals surface area contributed by atoms with E-state index in [4.69, 9.17) is 10.1 Å². The molecule has 0 aliphatic heterocycles. The Kier molecular flexibility index (Phi) is 5.39. The summed E-state index contributed by atoms with van der Waals surface area (Å²) in [6.07, 6.45) is 5.54. The SMILES string of the molecule is CCCc1nc(C(C)(C)C)nn1Cc1ccc(-c2cnccc2-c2nnn[nH]2)cc1. The molecule has 0 radical (unpaired) electrons. The Hall–Kier alpha value is -3.42. The van der Waals surface area contributed by atoms with Gasteiger partial charge in [0.15, 0.2) is 11.6 Å². The van der Waals surface area contributed by atoms with Gasteiger partial charge in [0.2, 0.25) is 0 Å². The van der Waals surface area contributed by atoms with Crippen LogP contribution >= 0.6 is 0 Å². The molecule has 0 bridgehead atoms. The highest BCUT2D eigenvalue weighted by atomic mass is 15.5. The van der Waals surface area contributed by atoms with E-state index in [-0.39, 0.29) is 5.41 Å². The molecule has 0 saturated carbocycles. The number of aromatic amines is 1. The average molecular weight is 403 g/mol. The first-order valence-corrected chi connectivity index (χ1v) is 10.2. The Balaban J connectivity index is 1.61. The third kappa shape index (κ3) is 4.12. The summed E-state index contributed by atoms with van der Waals surface area (Å²) in [7, 11) is 0. The minimum absolute atomic E-state index is 0.0656. The molecule has 0 amide bonds. The lowest BCUT2D eigenvalue weighted by molar-refractivity contribution is 0.532. The fourth-order valence-corrected chi connectivity index (χ4v) is 3.29. The largest absolute Gasteiger partial charge is 0.264 e. The van der Waals surface area contributed by atoms with Crippen LogP contribution in [0, 0.1) is 0 Å². The Morgan fingerprint density at radius 2 is 1.83 bits per heavy atom. The van der Waals surface area contributed by atoms with Gasteiger partial charge in [-0.1, -0.05) is 52.0 Å². The summed E-state index contributed by atoms with van der Waals surface area (Å²) in [5, 5.41) is 19.0. The van der Waals surface area contributed by atoms with Crippen molar-refractivity contribution in [3.8, 4) is 22.5 Å². The number of hydrogen-bond acceptors (Lipinski definition) is 6.